The van der Waals surface area contributed by atoms with E-state index in [0.717, 1.165) is 19.3 Å². The highest BCUT2D eigenvalue weighted by molar-refractivity contribution is 5.77. The molecule has 0 aliphatic rings. The van der Waals surface area contributed by atoms with Gasteiger partial charge in [-0.25, -0.2) is 9.59 Å². The summed E-state index contributed by atoms with van der Waals surface area (Å²) in [4.78, 5) is 24.6. The van der Waals surface area contributed by atoms with Gasteiger partial charge in [0.25, 0.3) is 0 Å². The van der Waals surface area contributed by atoms with Gasteiger partial charge in [0, 0.05) is 19.7 Å². The molecule has 0 saturated carbocycles. The predicted molar refractivity (Wildman–Crippen MR) is 73.2 cm³/mol. The van der Waals surface area contributed by atoms with E-state index in [4.69, 9.17) is 9.84 Å². The second-order valence-electron chi connectivity index (χ2n) is 4.55. The first-order valence-corrected chi connectivity index (χ1v) is 6.77. The average molecular weight is 274 g/mol. The fourth-order valence-corrected chi connectivity index (χ4v) is 1.62. The molecule has 0 aromatic carbocycles. The molecule has 2 N–H and O–H groups in total. The third-order valence-electron chi connectivity index (χ3n) is 3.13. The first kappa shape index (κ1) is 17.7. The van der Waals surface area contributed by atoms with Gasteiger partial charge in [-0.1, -0.05) is 20.3 Å². The summed E-state index contributed by atoms with van der Waals surface area (Å²) in [5.74, 6) is -1.08. The van der Waals surface area contributed by atoms with Crippen LogP contribution in [0.5, 0.6) is 0 Å². The van der Waals surface area contributed by atoms with E-state index >= 15 is 0 Å². The van der Waals surface area contributed by atoms with Crippen LogP contribution in [0.2, 0.25) is 0 Å². The van der Waals surface area contributed by atoms with E-state index in [9.17, 15) is 9.59 Å². The van der Waals surface area contributed by atoms with Crippen molar-refractivity contribution in [3.05, 3.63) is 0 Å². The van der Waals surface area contributed by atoms with Crippen molar-refractivity contribution < 1.29 is 19.4 Å². The van der Waals surface area contributed by atoms with Crippen molar-refractivity contribution >= 4 is 12.0 Å². The molecule has 0 bridgehead atoms. The summed E-state index contributed by atoms with van der Waals surface area (Å²) in [6, 6.07) is -0.0940. The number of amides is 2. The van der Waals surface area contributed by atoms with Crippen molar-refractivity contribution in [2.24, 2.45) is 0 Å². The van der Waals surface area contributed by atoms with Crippen LogP contribution in [0.1, 0.15) is 40.0 Å². The maximum atomic E-state index is 12.1. The third-order valence-corrected chi connectivity index (χ3v) is 3.13. The van der Waals surface area contributed by atoms with Crippen LogP contribution < -0.4 is 5.32 Å². The molecule has 2 amide bonds. The first-order chi connectivity index (χ1) is 8.97. The second kappa shape index (κ2) is 9.61. The number of hydrogen-bond donors (Lipinski definition) is 2. The van der Waals surface area contributed by atoms with Gasteiger partial charge in [0.2, 0.25) is 0 Å². The van der Waals surface area contributed by atoms with Crippen LogP contribution >= 0.6 is 0 Å². The monoisotopic (exact) mass is 274 g/mol. The first-order valence-electron chi connectivity index (χ1n) is 6.77. The molecule has 0 radical (unpaired) electrons. The van der Waals surface area contributed by atoms with Gasteiger partial charge in [-0.15, -0.1) is 0 Å². The van der Waals surface area contributed by atoms with Crippen molar-refractivity contribution in [2.75, 3.05) is 20.2 Å². The van der Waals surface area contributed by atoms with E-state index in [0.29, 0.717) is 6.54 Å². The molecule has 0 saturated heterocycles. The summed E-state index contributed by atoms with van der Waals surface area (Å²) in [5, 5.41) is 11.5. The highest BCUT2D eigenvalue weighted by Gasteiger charge is 2.21. The molecule has 0 heterocycles. The highest BCUT2D eigenvalue weighted by Crippen LogP contribution is 2.06. The van der Waals surface area contributed by atoms with Crippen molar-refractivity contribution in [3.8, 4) is 0 Å². The molecule has 112 valence electrons. The average Bonchev–Trinajstić information content (AvgIpc) is 2.39. The molecule has 0 aromatic heterocycles. The van der Waals surface area contributed by atoms with Crippen LogP contribution in [-0.2, 0) is 9.53 Å². The lowest BCUT2D eigenvalue weighted by Crippen LogP contribution is -2.48. The van der Waals surface area contributed by atoms with Crippen molar-refractivity contribution in [1.29, 1.82) is 0 Å². The molecule has 0 fully saturated rings. The minimum atomic E-state index is -1.08. The number of unbranched alkanes of at least 4 members (excludes halogenated alkanes) is 1. The maximum Gasteiger partial charge on any atom is 0.334 e. The van der Waals surface area contributed by atoms with E-state index in [-0.39, 0.29) is 18.6 Å². The topological polar surface area (TPSA) is 78.9 Å². The third kappa shape index (κ3) is 6.42. The molecule has 0 aliphatic heterocycles. The van der Waals surface area contributed by atoms with Crippen LogP contribution in [0.4, 0.5) is 4.79 Å². The Labute approximate surface area is 115 Å². The molecule has 6 nitrogen and oxygen atoms in total. The Morgan fingerprint density at radius 1 is 1.37 bits per heavy atom. The number of hydrogen-bond acceptors (Lipinski definition) is 3. The maximum absolute atomic E-state index is 12.1. The minimum Gasteiger partial charge on any atom is -0.479 e. The summed E-state index contributed by atoms with van der Waals surface area (Å²) in [6.07, 6.45) is 1.80. The van der Waals surface area contributed by atoms with Crippen LogP contribution in [0, 0.1) is 0 Å². The van der Waals surface area contributed by atoms with E-state index in [2.05, 4.69) is 12.2 Å². The molecule has 6 heteroatoms. The van der Waals surface area contributed by atoms with Crippen LogP contribution in [0.15, 0.2) is 0 Å². The van der Waals surface area contributed by atoms with Gasteiger partial charge >= 0.3 is 12.0 Å². The van der Waals surface area contributed by atoms with E-state index in [1.165, 1.54) is 7.11 Å². The Morgan fingerprint density at radius 3 is 2.42 bits per heavy atom. The molecule has 0 aromatic rings. The molecule has 0 rings (SSSR count). The lowest BCUT2D eigenvalue weighted by atomic mass is 10.2. The lowest BCUT2D eigenvalue weighted by molar-refractivity contribution is -0.148. The van der Waals surface area contributed by atoms with Crippen LogP contribution in [0.3, 0.4) is 0 Å². The fourth-order valence-electron chi connectivity index (χ4n) is 1.62. The number of nitrogens with zero attached hydrogens (tertiary/aromatic N) is 1. The predicted octanol–water partition coefficient (Wildman–Crippen LogP) is 1.70. The molecule has 2 unspecified atom stereocenters. The van der Waals surface area contributed by atoms with Gasteiger partial charge in [0.15, 0.2) is 6.10 Å². The SMILES string of the molecule is CCCCN(C(=O)NCC(OC)C(=O)O)C(C)CC. The van der Waals surface area contributed by atoms with Gasteiger partial charge in [-0.05, 0) is 19.8 Å². The van der Waals surface area contributed by atoms with Gasteiger partial charge in [0.1, 0.15) is 0 Å². The largest absolute Gasteiger partial charge is 0.479 e. The van der Waals surface area contributed by atoms with Crippen LogP contribution in [0.25, 0.3) is 0 Å². The Balaban J connectivity index is 4.42. The van der Waals surface area contributed by atoms with Crippen molar-refractivity contribution in [1.82, 2.24) is 10.2 Å². The summed E-state index contributed by atoms with van der Waals surface area (Å²) in [6.45, 7) is 6.73. The Morgan fingerprint density at radius 2 is 2.00 bits per heavy atom. The fraction of sp³-hybridized carbons (Fsp3) is 0.846. The number of rotatable bonds is 9. The molecular formula is C13H26N2O4. The summed E-state index contributed by atoms with van der Waals surface area (Å²) in [5.41, 5.74) is 0. The molecule has 0 aliphatic carbocycles. The lowest BCUT2D eigenvalue weighted by Gasteiger charge is -2.29. The Bertz CT molecular complexity index is 284. The molecule has 0 spiro atoms. The quantitative estimate of drug-likeness (QED) is 0.670. The van der Waals surface area contributed by atoms with Crippen LogP contribution in [-0.4, -0.2) is 54.4 Å². The Kier molecular flexibility index (Phi) is 8.95. The highest BCUT2D eigenvalue weighted by atomic mass is 16.5. The number of carbonyl (C=O) groups excluding carboxylic acids is 1. The molecular weight excluding hydrogens is 248 g/mol. The summed E-state index contributed by atoms with van der Waals surface area (Å²) >= 11 is 0. The standard InChI is InChI=1S/C13H26N2O4/c1-5-7-8-15(10(3)6-2)13(18)14-9-11(19-4)12(16)17/h10-11H,5-9H2,1-4H3,(H,14,18)(H,16,17). The van der Waals surface area contributed by atoms with E-state index in [1.807, 2.05) is 13.8 Å². The number of aliphatic carboxylic acids is 1. The number of urea groups is 1. The van der Waals surface area contributed by atoms with Crippen molar-refractivity contribution in [2.45, 2.75) is 52.2 Å². The summed E-state index contributed by atoms with van der Waals surface area (Å²) in [7, 11) is 1.31. The zero-order chi connectivity index (χ0) is 14.8. The number of carbonyl (C=O) groups is 2. The number of ether oxygens (including phenoxy) is 1. The number of nitrogens with one attached hydrogen (secondary N) is 1. The molecule has 19 heavy (non-hydrogen) atoms. The van der Waals surface area contributed by atoms with Gasteiger partial charge in [-0.2, -0.15) is 0 Å². The smallest absolute Gasteiger partial charge is 0.334 e. The number of carboxylic acid groups (broad SMARTS) is 1. The molecule has 2 atom stereocenters. The van der Waals surface area contributed by atoms with E-state index in [1.54, 1.807) is 4.90 Å². The zero-order valence-electron chi connectivity index (χ0n) is 12.3. The van der Waals surface area contributed by atoms with Gasteiger partial charge in [0.05, 0.1) is 6.54 Å². The zero-order valence-corrected chi connectivity index (χ0v) is 12.3. The second-order valence-corrected chi connectivity index (χ2v) is 4.55. The van der Waals surface area contributed by atoms with E-state index < -0.39 is 12.1 Å². The Hall–Kier alpha value is -1.30. The summed E-state index contributed by atoms with van der Waals surface area (Å²) < 4.78 is 4.78. The normalized spacial score (nSPS) is 13.7. The number of carboxylic acids is 1. The van der Waals surface area contributed by atoms with Gasteiger partial charge in [-0.3, -0.25) is 0 Å². The number of methoxy groups -OCH3 is 1. The van der Waals surface area contributed by atoms with Gasteiger partial charge < -0.3 is 20.1 Å². The minimum absolute atomic E-state index is 0.0241. The van der Waals surface area contributed by atoms with Crippen molar-refractivity contribution in [3.63, 3.8) is 0 Å².